The Kier molecular flexibility index (Phi) is 7.59. The second-order valence-electron chi connectivity index (χ2n) is 5.16. The highest BCUT2D eigenvalue weighted by atomic mass is 32.1. The van der Waals surface area contributed by atoms with Crippen LogP contribution < -0.4 is 10.6 Å². The zero-order chi connectivity index (χ0) is 18.1. The summed E-state index contributed by atoms with van der Waals surface area (Å²) in [6.45, 7) is 3.27. The van der Waals surface area contributed by atoms with Crippen LogP contribution in [0.5, 0.6) is 0 Å². The van der Waals surface area contributed by atoms with Gasteiger partial charge >= 0.3 is 5.97 Å². The Labute approximate surface area is 151 Å². The number of esters is 1. The van der Waals surface area contributed by atoms with Crippen molar-refractivity contribution in [3.63, 3.8) is 0 Å². The monoisotopic (exact) mass is 362 g/mol. The zero-order valence-corrected chi connectivity index (χ0v) is 15.2. The number of nitrogens with one attached hydrogen (secondary N) is 2. The van der Waals surface area contributed by atoms with Gasteiger partial charge in [0, 0.05) is 24.6 Å². The van der Waals surface area contributed by atoms with Crippen LogP contribution in [0.15, 0.2) is 35.7 Å². The molecule has 6 nitrogen and oxygen atoms in total. The Morgan fingerprint density at radius 3 is 2.64 bits per heavy atom. The summed E-state index contributed by atoms with van der Waals surface area (Å²) in [4.78, 5) is 24.5. The molecule has 25 heavy (non-hydrogen) atoms. The first-order valence-corrected chi connectivity index (χ1v) is 8.88. The molecule has 0 saturated carbocycles. The third-order valence-electron chi connectivity index (χ3n) is 3.38. The number of methoxy groups -OCH3 is 1. The SMILES string of the molecule is CCOC(=O)c1c(-c2ccccc2)csc1NC(=O)CNCCOC. The van der Waals surface area contributed by atoms with Crippen molar-refractivity contribution >= 4 is 28.2 Å². The average Bonchev–Trinajstić information content (AvgIpc) is 3.03. The van der Waals surface area contributed by atoms with Crippen molar-refractivity contribution in [2.75, 3.05) is 38.7 Å². The molecule has 0 unspecified atom stereocenters. The van der Waals surface area contributed by atoms with E-state index in [1.807, 2.05) is 35.7 Å². The number of benzene rings is 1. The first kappa shape index (κ1) is 19.1. The van der Waals surface area contributed by atoms with E-state index in [0.29, 0.717) is 23.7 Å². The largest absolute Gasteiger partial charge is 0.462 e. The van der Waals surface area contributed by atoms with Crippen LogP contribution in [0, 0.1) is 0 Å². The van der Waals surface area contributed by atoms with Gasteiger partial charge in [-0.25, -0.2) is 4.79 Å². The summed E-state index contributed by atoms with van der Waals surface area (Å²) < 4.78 is 10.1. The molecule has 0 aliphatic rings. The molecular formula is C18H22N2O4S. The van der Waals surface area contributed by atoms with Crippen molar-refractivity contribution in [3.8, 4) is 11.1 Å². The standard InChI is InChI=1S/C18H22N2O4S/c1-3-24-18(22)16-14(13-7-5-4-6-8-13)12-25-17(16)20-15(21)11-19-9-10-23-2/h4-8,12,19H,3,9-11H2,1-2H3,(H,20,21). The summed E-state index contributed by atoms with van der Waals surface area (Å²) in [5.74, 6) is -0.659. The molecule has 0 spiro atoms. The molecule has 2 aromatic rings. The van der Waals surface area contributed by atoms with Gasteiger partial charge in [-0.1, -0.05) is 30.3 Å². The van der Waals surface area contributed by atoms with E-state index in [-0.39, 0.29) is 19.1 Å². The van der Waals surface area contributed by atoms with Gasteiger partial charge in [-0.3, -0.25) is 4.79 Å². The van der Waals surface area contributed by atoms with Crippen molar-refractivity contribution in [1.29, 1.82) is 0 Å². The van der Waals surface area contributed by atoms with Gasteiger partial charge in [0.2, 0.25) is 5.91 Å². The Bertz CT molecular complexity index is 700. The number of amides is 1. The van der Waals surface area contributed by atoms with Crippen LogP contribution in [0.1, 0.15) is 17.3 Å². The minimum atomic E-state index is -0.440. The van der Waals surface area contributed by atoms with Gasteiger partial charge in [0.25, 0.3) is 0 Å². The van der Waals surface area contributed by atoms with Crippen molar-refractivity contribution < 1.29 is 19.1 Å². The zero-order valence-electron chi connectivity index (χ0n) is 14.3. The molecule has 0 radical (unpaired) electrons. The van der Waals surface area contributed by atoms with Crippen LogP contribution in [-0.4, -0.2) is 45.3 Å². The summed E-state index contributed by atoms with van der Waals surface area (Å²) in [6, 6.07) is 9.56. The van der Waals surface area contributed by atoms with Crippen molar-refractivity contribution in [1.82, 2.24) is 5.32 Å². The van der Waals surface area contributed by atoms with Gasteiger partial charge in [-0.15, -0.1) is 11.3 Å². The van der Waals surface area contributed by atoms with Gasteiger partial charge in [0.1, 0.15) is 10.6 Å². The second-order valence-corrected chi connectivity index (χ2v) is 6.04. The van der Waals surface area contributed by atoms with E-state index in [1.165, 1.54) is 11.3 Å². The third-order valence-corrected chi connectivity index (χ3v) is 4.27. The van der Waals surface area contributed by atoms with E-state index in [1.54, 1.807) is 14.0 Å². The number of rotatable bonds is 9. The van der Waals surface area contributed by atoms with E-state index in [0.717, 1.165) is 11.1 Å². The van der Waals surface area contributed by atoms with Gasteiger partial charge < -0.3 is 20.1 Å². The smallest absolute Gasteiger partial charge is 0.341 e. The van der Waals surface area contributed by atoms with Gasteiger partial charge in [-0.05, 0) is 12.5 Å². The van der Waals surface area contributed by atoms with Gasteiger partial charge in [0.15, 0.2) is 0 Å². The first-order valence-electron chi connectivity index (χ1n) is 8.00. The number of carbonyl (C=O) groups is 2. The fraction of sp³-hybridized carbons (Fsp3) is 0.333. The lowest BCUT2D eigenvalue weighted by Crippen LogP contribution is -2.30. The summed E-state index contributed by atoms with van der Waals surface area (Å²) in [5.41, 5.74) is 2.05. The van der Waals surface area contributed by atoms with Gasteiger partial charge in [-0.2, -0.15) is 0 Å². The highest BCUT2D eigenvalue weighted by molar-refractivity contribution is 7.15. The Morgan fingerprint density at radius 2 is 1.96 bits per heavy atom. The maximum Gasteiger partial charge on any atom is 0.341 e. The summed E-state index contributed by atoms with van der Waals surface area (Å²) >= 11 is 1.31. The first-order chi connectivity index (χ1) is 12.2. The van der Waals surface area contributed by atoms with Crippen LogP contribution in [-0.2, 0) is 14.3 Å². The molecule has 1 aromatic heterocycles. The summed E-state index contributed by atoms with van der Waals surface area (Å²) in [5, 5.41) is 8.12. The molecule has 1 heterocycles. The number of ether oxygens (including phenoxy) is 2. The van der Waals surface area contributed by atoms with E-state index >= 15 is 0 Å². The van der Waals surface area contributed by atoms with Crippen LogP contribution in [0.25, 0.3) is 11.1 Å². The molecule has 0 fully saturated rings. The predicted molar refractivity (Wildman–Crippen MR) is 99.1 cm³/mol. The second kappa shape index (κ2) is 9.93. The Balaban J connectivity index is 2.19. The Hall–Kier alpha value is -2.22. The molecule has 0 atom stereocenters. The molecule has 1 aromatic carbocycles. The van der Waals surface area contributed by atoms with E-state index < -0.39 is 5.97 Å². The molecule has 0 saturated heterocycles. The lowest BCUT2D eigenvalue weighted by Gasteiger charge is -2.09. The maximum atomic E-state index is 12.4. The topological polar surface area (TPSA) is 76.7 Å². The van der Waals surface area contributed by atoms with Crippen molar-refractivity contribution in [3.05, 3.63) is 41.3 Å². The summed E-state index contributed by atoms with van der Waals surface area (Å²) in [7, 11) is 1.60. The highest BCUT2D eigenvalue weighted by Crippen LogP contribution is 2.36. The Morgan fingerprint density at radius 1 is 1.20 bits per heavy atom. The fourth-order valence-corrected chi connectivity index (χ4v) is 3.21. The molecule has 0 aliphatic heterocycles. The molecule has 0 bridgehead atoms. The normalized spacial score (nSPS) is 10.5. The number of anilines is 1. The van der Waals surface area contributed by atoms with E-state index in [4.69, 9.17) is 9.47 Å². The molecule has 1 amide bonds. The van der Waals surface area contributed by atoms with E-state index in [2.05, 4.69) is 10.6 Å². The third kappa shape index (κ3) is 5.38. The lowest BCUT2D eigenvalue weighted by molar-refractivity contribution is -0.115. The predicted octanol–water partition coefficient (Wildman–Crippen LogP) is 2.77. The maximum absolute atomic E-state index is 12.4. The molecular weight excluding hydrogens is 340 g/mol. The van der Waals surface area contributed by atoms with Crippen LogP contribution in [0.3, 0.4) is 0 Å². The van der Waals surface area contributed by atoms with Crippen molar-refractivity contribution in [2.45, 2.75) is 6.92 Å². The minimum Gasteiger partial charge on any atom is -0.462 e. The van der Waals surface area contributed by atoms with Crippen LogP contribution >= 0.6 is 11.3 Å². The number of hydrogen-bond donors (Lipinski definition) is 2. The highest BCUT2D eigenvalue weighted by Gasteiger charge is 2.22. The van der Waals surface area contributed by atoms with Crippen LogP contribution in [0.2, 0.25) is 0 Å². The number of carbonyl (C=O) groups excluding carboxylic acids is 2. The number of hydrogen-bond acceptors (Lipinski definition) is 6. The molecule has 2 N–H and O–H groups in total. The minimum absolute atomic E-state index is 0.143. The quantitative estimate of drug-likeness (QED) is 0.530. The number of thiophene rings is 1. The molecule has 134 valence electrons. The fourth-order valence-electron chi connectivity index (χ4n) is 2.23. The van der Waals surface area contributed by atoms with Gasteiger partial charge in [0.05, 0.1) is 19.8 Å². The molecule has 0 aliphatic carbocycles. The van der Waals surface area contributed by atoms with E-state index in [9.17, 15) is 9.59 Å². The summed E-state index contributed by atoms with van der Waals surface area (Å²) in [6.07, 6.45) is 0. The lowest BCUT2D eigenvalue weighted by atomic mass is 10.0. The molecule has 7 heteroatoms. The van der Waals surface area contributed by atoms with Crippen molar-refractivity contribution in [2.24, 2.45) is 0 Å². The van der Waals surface area contributed by atoms with Crippen LogP contribution in [0.4, 0.5) is 5.00 Å². The molecule has 2 rings (SSSR count). The average molecular weight is 362 g/mol.